The van der Waals surface area contributed by atoms with Crippen molar-refractivity contribution < 1.29 is 66.7 Å². The SMILES string of the molecule is COc1cc(/C=C/C(/C=C([O-])/C=C/c2ccc(O)c(OC)c2)=Nc2c(C)n(C)n(-c3ccccc3)c2=O)ccc1O.COc1cc(/C=C/C(/C=C([O-])/C=C/c2ccc(O)c(OC)c2)=Nc2c(C)n(C)n(-c3ccccc3)c2=O)ccc1O.[Cu+2]. The fraction of sp³-hybridized carbons (Fsp3) is 0.125. The number of hydrogen-bond acceptors (Lipinski definition) is 14. The summed E-state index contributed by atoms with van der Waals surface area (Å²) < 4.78 is 27.1. The number of methoxy groups -OCH3 is 4. The molecule has 0 spiro atoms. The van der Waals surface area contributed by atoms with Gasteiger partial charge >= 0.3 is 17.1 Å². The van der Waals surface area contributed by atoms with Crippen LogP contribution in [0.5, 0.6) is 46.0 Å². The van der Waals surface area contributed by atoms with Crippen molar-refractivity contribution in [3.05, 3.63) is 236 Å². The fourth-order valence-corrected chi connectivity index (χ4v) is 8.16. The van der Waals surface area contributed by atoms with Gasteiger partial charge in [0.05, 0.1) is 62.6 Å². The van der Waals surface area contributed by atoms with E-state index < -0.39 is 0 Å². The Morgan fingerprint density at radius 2 is 0.723 bits per heavy atom. The second-order valence-electron chi connectivity index (χ2n) is 18.0. The number of para-hydroxylation sites is 2. The van der Waals surface area contributed by atoms with Crippen LogP contribution in [-0.4, -0.2) is 79.0 Å². The van der Waals surface area contributed by atoms with E-state index in [-0.39, 0.29) is 97.0 Å². The standard InChI is InChI=1S/2C32H31N3O6.Cu/c2*1-21-31(32(39)35(34(21)2)25-8-6-5-7-9-25)33-24(14-10-22-12-16-27(37)29(18-22)40-3)20-26(36)15-11-23-13-17-28(38)30(19-23)41-4;/h2*5-20,36-38H,1-4H3;/q;;+2/p-2/b2*14-10+,15-11+,26-20-,33-24?;. The van der Waals surface area contributed by atoms with Crippen LogP contribution in [0.4, 0.5) is 11.4 Å². The van der Waals surface area contributed by atoms with Gasteiger partial charge in [-0.05, 0) is 133 Å². The minimum Gasteiger partial charge on any atom is -0.872 e. The second kappa shape index (κ2) is 28.7. The molecule has 0 atom stereocenters. The zero-order valence-corrected chi connectivity index (χ0v) is 47.5. The van der Waals surface area contributed by atoms with Gasteiger partial charge in [-0.3, -0.25) is 19.0 Å². The molecule has 0 bridgehead atoms. The van der Waals surface area contributed by atoms with Crippen molar-refractivity contribution in [1.29, 1.82) is 0 Å². The molecule has 4 N–H and O–H groups in total. The number of rotatable bonds is 18. The number of aliphatic imine (C=N–C) groups is 2. The van der Waals surface area contributed by atoms with Crippen LogP contribution in [0, 0.1) is 13.8 Å². The zero-order valence-electron chi connectivity index (χ0n) is 46.5. The van der Waals surface area contributed by atoms with Crippen LogP contribution in [0.2, 0.25) is 0 Å². The van der Waals surface area contributed by atoms with E-state index in [2.05, 4.69) is 9.98 Å². The first-order valence-corrected chi connectivity index (χ1v) is 25.3. The molecule has 0 aliphatic heterocycles. The number of benzene rings is 6. The number of ether oxygens (including phenoxy) is 4. The third-order valence-corrected chi connectivity index (χ3v) is 12.7. The van der Waals surface area contributed by atoms with Crippen LogP contribution in [0.25, 0.3) is 35.7 Å². The molecular formula is C64H60CuN6O12. The quantitative estimate of drug-likeness (QED) is 0.0272. The van der Waals surface area contributed by atoms with Gasteiger partial charge in [-0.15, -0.1) is 11.5 Å². The summed E-state index contributed by atoms with van der Waals surface area (Å²) >= 11 is 0. The van der Waals surface area contributed by atoms with Crippen molar-refractivity contribution in [2.75, 3.05) is 28.4 Å². The molecule has 0 unspecified atom stereocenters. The van der Waals surface area contributed by atoms with Gasteiger partial charge in [0.1, 0.15) is 0 Å². The van der Waals surface area contributed by atoms with Crippen LogP contribution >= 0.6 is 0 Å². The molecule has 0 fully saturated rings. The summed E-state index contributed by atoms with van der Waals surface area (Å²) in [6, 6.07) is 37.5. The topological polar surface area (TPSA) is 243 Å². The maximum atomic E-state index is 13.4. The minimum absolute atomic E-state index is 0. The Morgan fingerprint density at radius 1 is 0.446 bits per heavy atom. The first-order valence-electron chi connectivity index (χ1n) is 25.3. The molecule has 2 heterocycles. The van der Waals surface area contributed by atoms with E-state index in [4.69, 9.17) is 18.9 Å². The summed E-state index contributed by atoms with van der Waals surface area (Å²) in [5.41, 5.74) is 5.46. The second-order valence-corrected chi connectivity index (χ2v) is 18.0. The molecule has 19 heteroatoms. The number of hydrogen-bond donors (Lipinski definition) is 4. The van der Waals surface area contributed by atoms with Crippen molar-refractivity contribution >= 4 is 47.1 Å². The van der Waals surface area contributed by atoms with E-state index in [0.717, 1.165) is 0 Å². The Bertz CT molecular complexity index is 3720. The fourth-order valence-electron chi connectivity index (χ4n) is 8.16. The van der Waals surface area contributed by atoms with Crippen LogP contribution in [0.15, 0.2) is 201 Å². The largest absolute Gasteiger partial charge is 2.00 e. The summed E-state index contributed by atoms with van der Waals surface area (Å²) in [5, 5.41) is 65.4. The molecule has 0 aliphatic carbocycles. The smallest absolute Gasteiger partial charge is 0.872 e. The maximum Gasteiger partial charge on any atom is 2.00 e. The van der Waals surface area contributed by atoms with Crippen LogP contribution in [0.1, 0.15) is 33.6 Å². The van der Waals surface area contributed by atoms with Gasteiger partial charge in [0.25, 0.3) is 11.1 Å². The molecule has 18 nitrogen and oxygen atoms in total. The van der Waals surface area contributed by atoms with E-state index >= 15 is 0 Å². The molecule has 429 valence electrons. The molecule has 6 aromatic carbocycles. The van der Waals surface area contributed by atoms with Gasteiger partial charge in [0.15, 0.2) is 57.4 Å². The number of phenolic OH excluding ortho intramolecular Hbond substituents is 4. The molecule has 83 heavy (non-hydrogen) atoms. The van der Waals surface area contributed by atoms with Gasteiger partial charge in [0.2, 0.25) is 0 Å². The first-order chi connectivity index (χ1) is 39.4. The first kappa shape index (κ1) is 61.8. The van der Waals surface area contributed by atoms with E-state index in [9.17, 15) is 40.2 Å². The number of nitrogens with zero attached hydrogens (tertiary/aromatic N) is 6. The molecule has 8 aromatic rings. The molecule has 0 saturated carbocycles. The summed E-state index contributed by atoms with van der Waals surface area (Å²) in [7, 11) is 9.33. The molecule has 0 aliphatic rings. The maximum absolute atomic E-state index is 13.4. The number of allylic oxidation sites excluding steroid dienone is 6. The summed E-state index contributed by atoms with van der Waals surface area (Å²) in [4.78, 5) is 36.1. The monoisotopic (exact) mass is 1170 g/mol. The third kappa shape index (κ3) is 15.5. The molecule has 8 rings (SSSR count). The molecule has 0 saturated heterocycles. The minimum atomic E-state index is -0.374. The van der Waals surface area contributed by atoms with Crippen molar-refractivity contribution in [2.45, 2.75) is 13.8 Å². The Balaban J connectivity index is 0.000000263. The average Bonchev–Trinajstić information content (AvgIpc) is 3.84. The van der Waals surface area contributed by atoms with Gasteiger partial charge in [-0.1, -0.05) is 97.1 Å². The van der Waals surface area contributed by atoms with E-state index in [0.29, 0.717) is 56.5 Å². The Hall–Kier alpha value is -10.4. The number of aromatic hydroxyl groups is 4. The van der Waals surface area contributed by atoms with Crippen molar-refractivity contribution in [1.82, 2.24) is 18.7 Å². The average molecular weight is 1170 g/mol. The van der Waals surface area contributed by atoms with Crippen molar-refractivity contribution in [3.8, 4) is 57.4 Å². The predicted octanol–water partition coefficient (Wildman–Crippen LogP) is 9.31. The predicted molar refractivity (Wildman–Crippen MR) is 317 cm³/mol. The summed E-state index contributed by atoms with van der Waals surface area (Å²) in [6.07, 6.45) is 15.2. The van der Waals surface area contributed by atoms with Crippen molar-refractivity contribution in [2.24, 2.45) is 24.1 Å². The molecule has 1 radical (unpaired) electrons. The van der Waals surface area contributed by atoms with E-state index in [1.165, 1.54) is 86.4 Å². The Morgan fingerprint density at radius 3 is 1.00 bits per heavy atom. The van der Waals surface area contributed by atoms with Gasteiger partial charge in [0, 0.05) is 14.1 Å². The summed E-state index contributed by atoms with van der Waals surface area (Å²) in [6.45, 7) is 3.57. The van der Waals surface area contributed by atoms with Gasteiger partial charge in [-0.25, -0.2) is 19.3 Å². The zero-order chi connectivity index (χ0) is 59.0. The molecule has 0 amide bonds. The normalized spacial score (nSPS) is 12.2. The van der Waals surface area contributed by atoms with Crippen LogP contribution in [0.3, 0.4) is 0 Å². The molecule has 2 aromatic heterocycles. The molecular weight excluding hydrogens is 1110 g/mol. The van der Waals surface area contributed by atoms with Gasteiger partial charge in [-0.2, -0.15) is 0 Å². The Labute approximate surface area is 489 Å². The number of aromatic nitrogens is 4. The van der Waals surface area contributed by atoms with E-state index in [1.54, 1.807) is 122 Å². The Kier molecular flexibility index (Phi) is 21.4. The summed E-state index contributed by atoms with van der Waals surface area (Å²) in [5.74, 6) is 0.390. The van der Waals surface area contributed by atoms with Crippen LogP contribution in [-0.2, 0) is 31.2 Å². The van der Waals surface area contributed by atoms with Crippen molar-refractivity contribution in [3.63, 3.8) is 0 Å². The van der Waals surface area contributed by atoms with Gasteiger partial charge < -0.3 is 49.6 Å². The third-order valence-electron chi connectivity index (χ3n) is 12.7. The van der Waals surface area contributed by atoms with Crippen LogP contribution < -0.4 is 40.3 Å². The number of phenols is 4. The van der Waals surface area contributed by atoms with E-state index in [1.807, 2.05) is 60.7 Å².